The van der Waals surface area contributed by atoms with E-state index >= 15 is 0 Å². The molecule has 0 aromatic rings. The molecule has 3 N–H and O–H groups in total. The first-order chi connectivity index (χ1) is 7.96. The van der Waals surface area contributed by atoms with E-state index in [1.165, 1.54) is 6.92 Å². The number of ether oxygens (including phenoxy) is 1. The minimum atomic E-state index is -1.22. The lowest BCUT2D eigenvalue weighted by Crippen LogP contribution is -2.55. The van der Waals surface area contributed by atoms with Gasteiger partial charge in [0.1, 0.15) is 5.54 Å². The zero-order chi connectivity index (χ0) is 13.3. The second kappa shape index (κ2) is 7.89. The van der Waals surface area contributed by atoms with E-state index in [1.807, 2.05) is 13.8 Å². The van der Waals surface area contributed by atoms with Crippen molar-refractivity contribution in [2.75, 3.05) is 19.8 Å². The largest absolute Gasteiger partial charge is 0.480 e. The third-order valence-corrected chi connectivity index (χ3v) is 2.35. The average molecular weight is 246 g/mol. The van der Waals surface area contributed by atoms with E-state index in [4.69, 9.17) is 9.84 Å². The summed E-state index contributed by atoms with van der Waals surface area (Å²) in [6, 6.07) is -0.483. The fourth-order valence-electron chi connectivity index (χ4n) is 1.40. The maximum Gasteiger partial charge on any atom is 0.329 e. The summed E-state index contributed by atoms with van der Waals surface area (Å²) >= 11 is 0. The summed E-state index contributed by atoms with van der Waals surface area (Å²) in [7, 11) is 0. The molecule has 0 aliphatic carbocycles. The van der Waals surface area contributed by atoms with Gasteiger partial charge in [0.2, 0.25) is 0 Å². The van der Waals surface area contributed by atoms with Crippen molar-refractivity contribution >= 4 is 12.0 Å². The van der Waals surface area contributed by atoms with Crippen molar-refractivity contribution in [2.24, 2.45) is 0 Å². The highest BCUT2D eigenvalue weighted by Gasteiger charge is 2.33. The van der Waals surface area contributed by atoms with E-state index in [0.717, 1.165) is 0 Å². The maximum atomic E-state index is 11.5. The summed E-state index contributed by atoms with van der Waals surface area (Å²) in [5.41, 5.74) is -1.22. The van der Waals surface area contributed by atoms with Gasteiger partial charge < -0.3 is 20.5 Å². The molecule has 1 unspecified atom stereocenters. The summed E-state index contributed by atoms with van der Waals surface area (Å²) in [5.74, 6) is -1.03. The maximum absolute atomic E-state index is 11.5. The molecule has 6 heteroatoms. The Labute approximate surface area is 102 Å². The molecule has 0 spiro atoms. The lowest BCUT2D eigenvalue weighted by atomic mass is 9.97. The van der Waals surface area contributed by atoms with Gasteiger partial charge in [-0.1, -0.05) is 13.3 Å². The molecule has 0 saturated carbocycles. The molecule has 0 aliphatic heterocycles. The van der Waals surface area contributed by atoms with Crippen LogP contribution in [0.5, 0.6) is 0 Å². The zero-order valence-electron chi connectivity index (χ0n) is 10.7. The Balaban J connectivity index is 4.09. The van der Waals surface area contributed by atoms with Crippen molar-refractivity contribution in [3.05, 3.63) is 0 Å². The van der Waals surface area contributed by atoms with Crippen LogP contribution in [0.25, 0.3) is 0 Å². The van der Waals surface area contributed by atoms with Gasteiger partial charge in [0.05, 0.1) is 6.61 Å². The van der Waals surface area contributed by atoms with Gasteiger partial charge in [0.25, 0.3) is 0 Å². The normalized spacial score (nSPS) is 13.8. The van der Waals surface area contributed by atoms with Crippen LogP contribution in [-0.4, -0.2) is 42.4 Å². The number of carbonyl (C=O) groups excluding carboxylic acids is 1. The molecule has 0 saturated heterocycles. The topological polar surface area (TPSA) is 87.7 Å². The van der Waals surface area contributed by atoms with Crippen molar-refractivity contribution in [2.45, 2.75) is 39.2 Å². The fraction of sp³-hybridized carbons (Fsp3) is 0.818. The van der Waals surface area contributed by atoms with E-state index in [1.54, 1.807) is 0 Å². The van der Waals surface area contributed by atoms with E-state index in [9.17, 15) is 9.59 Å². The molecule has 0 bridgehead atoms. The predicted molar refractivity (Wildman–Crippen MR) is 64.0 cm³/mol. The van der Waals surface area contributed by atoms with Crippen LogP contribution >= 0.6 is 0 Å². The van der Waals surface area contributed by atoms with Gasteiger partial charge in [-0.2, -0.15) is 0 Å². The van der Waals surface area contributed by atoms with Crippen molar-refractivity contribution in [1.29, 1.82) is 0 Å². The van der Waals surface area contributed by atoms with Crippen LogP contribution in [0.1, 0.15) is 33.6 Å². The van der Waals surface area contributed by atoms with Gasteiger partial charge in [0.15, 0.2) is 0 Å². The Kier molecular flexibility index (Phi) is 7.29. The molecular formula is C11H22N2O4. The SMILES string of the molecule is CCCC(C)(NC(=O)NCCOCC)C(=O)O. The van der Waals surface area contributed by atoms with Gasteiger partial charge >= 0.3 is 12.0 Å². The van der Waals surface area contributed by atoms with Crippen LogP contribution in [0, 0.1) is 0 Å². The summed E-state index contributed by atoms with van der Waals surface area (Å²) in [6.45, 7) is 6.61. The number of urea groups is 1. The molecule has 0 heterocycles. The predicted octanol–water partition coefficient (Wildman–Crippen LogP) is 0.965. The Hall–Kier alpha value is -1.30. The van der Waals surface area contributed by atoms with Crippen LogP contribution in [0.15, 0.2) is 0 Å². The van der Waals surface area contributed by atoms with E-state index in [0.29, 0.717) is 32.6 Å². The van der Waals surface area contributed by atoms with Crippen LogP contribution in [0.3, 0.4) is 0 Å². The van der Waals surface area contributed by atoms with Crippen molar-refractivity contribution < 1.29 is 19.4 Å². The number of carboxylic acid groups (broad SMARTS) is 1. The van der Waals surface area contributed by atoms with Crippen LogP contribution in [-0.2, 0) is 9.53 Å². The molecule has 100 valence electrons. The van der Waals surface area contributed by atoms with Crippen molar-refractivity contribution in [1.82, 2.24) is 10.6 Å². The molecular weight excluding hydrogens is 224 g/mol. The highest BCUT2D eigenvalue weighted by molar-refractivity contribution is 5.85. The van der Waals surface area contributed by atoms with Gasteiger partial charge in [-0.3, -0.25) is 0 Å². The van der Waals surface area contributed by atoms with Crippen LogP contribution in [0.2, 0.25) is 0 Å². The number of carbonyl (C=O) groups is 2. The number of amides is 2. The number of aliphatic carboxylic acids is 1. The smallest absolute Gasteiger partial charge is 0.329 e. The number of carboxylic acids is 1. The first-order valence-corrected chi connectivity index (χ1v) is 5.83. The van der Waals surface area contributed by atoms with Gasteiger partial charge in [0, 0.05) is 13.2 Å². The molecule has 0 aromatic carbocycles. The Bertz CT molecular complexity index is 258. The zero-order valence-corrected chi connectivity index (χ0v) is 10.7. The van der Waals surface area contributed by atoms with Crippen molar-refractivity contribution in [3.63, 3.8) is 0 Å². The number of rotatable bonds is 8. The van der Waals surface area contributed by atoms with Gasteiger partial charge in [-0.05, 0) is 20.3 Å². The van der Waals surface area contributed by atoms with E-state index < -0.39 is 17.5 Å². The summed E-state index contributed by atoms with van der Waals surface area (Å²) < 4.78 is 5.05. The lowest BCUT2D eigenvalue weighted by Gasteiger charge is -2.25. The number of hydrogen-bond acceptors (Lipinski definition) is 3. The molecule has 0 rings (SSSR count). The average Bonchev–Trinajstić information content (AvgIpc) is 2.24. The van der Waals surface area contributed by atoms with Gasteiger partial charge in [-0.15, -0.1) is 0 Å². The summed E-state index contributed by atoms with van der Waals surface area (Å²) in [6.07, 6.45) is 1.07. The minimum absolute atomic E-state index is 0.363. The Morgan fingerprint density at radius 3 is 2.47 bits per heavy atom. The molecule has 17 heavy (non-hydrogen) atoms. The van der Waals surface area contributed by atoms with E-state index in [2.05, 4.69) is 10.6 Å². The van der Waals surface area contributed by atoms with Crippen LogP contribution < -0.4 is 10.6 Å². The lowest BCUT2D eigenvalue weighted by molar-refractivity contribution is -0.144. The molecule has 1 atom stereocenters. The van der Waals surface area contributed by atoms with Crippen LogP contribution in [0.4, 0.5) is 4.79 Å². The second-order valence-corrected chi connectivity index (χ2v) is 3.97. The quantitative estimate of drug-likeness (QED) is 0.557. The molecule has 6 nitrogen and oxygen atoms in total. The fourth-order valence-corrected chi connectivity index (χ4v) is 1.40. The minimum Gasteiger partial charge on any atom is -0.480 e. The second-order valence-electron chi connectivity index (χ2n) is 3.97. The third-order valence-electron chi connectivity index (χ3n) is 2.35. The summed E-state index contributed by atoms with van der Waals surface area (Å²) in [4.78, 5) is 22.5. The standard InChI is InChI=1S/C11H22N2O4/c1-4-6-11(3,9(14)15)13-10(16)12-7-8-17-5-2/h4-8H2,1-3H3,(H,14,15)(H2,12,13,16). The highest BCUT2D eigenvalue weighted by atomic mass is 16.5. The highest BCUT2D eigenvalue weighted by Crippen LogP contribution is 2.12. The Morgan fingerprint density at radius 1 is 1.35 bits per heavy atom. The molecule has 2 amide bonds. The molecule has 0 radical (unpaired) electrons. The molecule has 0 aromatic heterocycles. The monoisotopic (exact) mass is 246 g/mol. The molecule has 0 aliphatic rings. The number of hydrogen-bond donors (Lipinski definition) is 3. The first-order valence-electron chi connectivity index (χ1n) is 5.83. The van der Waals surface area contributed by atoms with E-state index in [-0.39, 0.29) is 0 Å². The molecule has 0 fully saturated rings. The number of nitrogens with one attached hydrogen (secondary N) is 2. The van der Waals surface area contributed by atoms with Gasteiger partial charge in [-0.25, -0.2) is 9.59 Å². The Morgan fingerprint density at radius 2 is 2.00 bits per heavy atom. The summed E-state index contributed by atoms with van der Waals surface area (Å²) in [5, 5.41) is 14.1. The third kappa shape index (κ3) is 6.11. The first kappa shape index (κ1) is 15.7. The van der Waals surface area contributed by atoms with Crippen molar-refractivity contribution in [3.8, 4) is 0 Å².